The summed E-state index contributed by atoms with van der Waals surface area (Å²) in [6, 6.07) is 22.1. The smallest absolute Gasteiger partial charge is 0.255 e. The highest BCUT2D eigenvalue weighted by Gasteiger charge is 2.36. The summed E-state index contributed by atoms with van der Waals surface area (Å²) in [6.45, 7) is 1.60. The van der Waals surface area contributed by atoms with E-state index in [1.807, 2.05) is 36.4 Å². The lowest BCUT2D eigenvalue weighted by Gasteiger charge is -2.45. The van der Waals surface area contributed by atoms with E-state index in [0.717, 1.165) is 11.1 Å². The fourth-order valence-corrected chi connectivity index (χ4v) is 4.56. The lowest BCUT2D eigenvalue weighted by molar-refractivity contribution is -0.122. The minimum atomic E-state index is -0.160. The molecule has 0 radical (unpaired) electrons. The number of nitrogens with zero attached hydrogens (tertiary/aromatic N) is 3. The van der Waals surface area contributed by atoms with Crippen molar-refractivity contribution in [3.63, 3.8) is 0 Å². The van der Waals surface area contributed by atoms with Gasteiger partial charge in [-0.1, -0.05) is 66.6 Å². The van der Waals surface area contributed by atoms with E-state index in [1.165, 1.54) is 0 Å². The maximum absolute atomic E-state index is 13.3. The minimum absolute atomic E-state index is 0.0271. The van der Waals surface area contributed by atoms with Gasteiger partial charge in [-0.25, -0.2) is 0 Å². The van der Waals surface area contributed by atoms with Crippen LogP contribution in [-0.4, -0.2) is 59.3 Å². The Morgan fingerprint density at radius 2 is 1.71 bits per heavy atom. The zero-order chi connectivity index (χ0) is 23.9. The number of terminal acetylenes is 1. The van der Waals surface area contributed by atoms with E-state index < -0.39 is 0 Å². The number of hydrogen-bond donors (Lipinski definition) is 1. The van der Waals surface area contributed by atoms with Crippen LogP contribution in [0.2, 0.25) is 0 Å². The van der Waals surface area contributed by atoms with Crippen molar-refractivity contribution >= 4 is 11.8 Å². The average molecular weight is 453 g/mol. The first-order chi connectivity index (χ1) is 16.6. The zero-order valence-electron chi connectivity index (χ0n) is 19.2. The first kappa shape index (κ1) is 23.2. The van der Waals surface area contributed by atoms with Crippen LogP contribution in [0.25, 0.3) is 0 Å². The molecule has 0 spiro atoms. The van der Waals surface area contributed by atoms with Crippen molar-refractivity contribution in [3.8, 4) is 12.3 Å². The molecule has 2 amide bonds. The lowest BCUT2D eigenvalue weighted by Crippen LogP contribution is -2.56. The Balaban J connectivity index is 1.66. The summed E-state index contributed by atoms with van der Waals surface area (Å²) in [7, 11) is 1.64. The van der Waals surface area contributed by atoms with Gasteiger partial charge < -0.3 is 10.2 Å². The summed E-state index contributed by atoms with van der Waals surface area (Å²) in [6.07, 6.45) is 8.88. The van der Waals surface area contributed by atoms with Crippen LogP contribution >= 0.6 is 0 Å². The van der Waals surface area contributed by atoms with Crippen molar-refractivity contribution in [3.05, 3.63) is 101 Å². The van der Waals surface area contributed by atoms with E-state index in [9.17, 15) is 9.59 Å². The molecule has 1 aliphatic rings. The second kappa shape index (κ2) is 10.8. The maximum Gasteiger partial charge on any atom is 0.255 e. The van der Waals surface area contributed by atoms with Gasteiger partial charge in [-0.15, -0.1) is 6.42 Å². The molecule has 2 heterocycles. The molecule has 0 aliphatic carbocycles. The molecule has 34 heavy (non-hydrogen) atoms. The molecule has 1 saturated heterocycles. The molecule has 0 saturated carbocycles. The van der Waals surface area contributed by atoms with Gasteiger partial charge in [-0.3, -0.25) is 19.5 Å². The Bertz CT molecular complexity index is 1130. The number of carbonyl (C=O) groups is 2. The van der Waals surface area contributed by atoms with Gasteiger partial charge in [-0.2, -0.15) is 0 Å². The molecule has 6 nitrogen and oxygen atoms in total. The van der Waals surface area contributed by atoms with Gasteiger partial charge in [0.1, 0.15) is 0 Å². The third-order valence-corrected chi connectivity index (χ3v) is 6.23. The van der Waals surface area contributed by atoms with Gasteiger partial charge >= 0.3 is 0 Å². The van der Waals surface area contributed by atoms with E-state index in [4.69, 9.17) is 6.42 Å². The van der Waals surface area contributed by atoms with Crippen molar-refractivity contribution in [2.45, 2.75) is 18.5 Å². The SMILES string of the molecule is C#Cc1cncc(C(=O)N2CCN(C(c3ccccc3)c3ccccc3)[C@H](CC(=O)NC)C2)c1. The summed E-state index contributed by atoms with van der Waals surface area (Å²) >= 11 is 0. The van der Waals surface area contributed by atoms with Gasteiger partial charge in [0.25, 0.3) is 5.91 Å². The van der Waals surface area contributed by atoms with Crippen LogP contribution in [0.1, 0.15) is 39.5 Å². The van der Waals surface area contributed by atoms with Gasteiger partial charge in [0.15, 0.2) is 0 Å². The number of amides is 2. The van der Waals surface area contributed by atoms with Gasteiger partial charge in [0.05, 0.1) is 11.6 Å². The van der Waals surface area contributed by atoms with Crippen LogP contribution in [0.3, 0.4) is 0 Å². The van der Waals surface area contributed by atoms with E-state index in [2.05, 4.69) is 45.4 Å². The molecule has 1 atom stereocenters. The molecule has 1 aliphatic heterocycles. The largest absolute Gasteiger partial charge is 0.359 e. The van der Waals surface area contributed by atoms with Crippen molar-refractivity contribution in [2.24, 2.45) is 0 Å². The van der Waals surface area contributed by atoms with Crippen molar-refractivity contribution in [1.82, 2.24) is 20.1 Å². The van der Waals surface area contributed by atoms with Crippen LogP contribution in [0.4, 0.5) is 0 Å². The number of pyridine rings is 1. The van der Waals surface area contributed by atoms with Crippen LogP contribution in [0, 0.1) is 12.3 Å². The molecule has 3 aromatic rings. The highest BCUT2D eigenvalue weighted by molar-refractivity contribution is 5.94. The van der Waals surface area contributed by atoms with Crippen LogP contribution in [0.5, 0.6) is 0 Å². The van der Waals surface area contributed by atoms with Gasteiger partial charge in [0.2, 0.25) is 5.91 Å². The van der Waals surface area contributed by atoms with Crippen molar-refractivity contribution < 1.29 is 9.59 Å². The Kier molecular flexibility index (Phi) is 7.36. The van der Waals surface area contributed by atoms with Crippen LogP contribution in [-0.2, 0) is 4.79 Å². The van der Waals surface area contributed by atoms with Crippen LogP contribution in [0.15, 0.2) is 79.1 Å². The monoisotopic (exact) mass is 452 g/mol. The second-order valence-corrected chi connectivity index (χ2v) is 8.35. The maximum atomic E-state index is 13.3. The molecule has 2 aromatic carbocycles. The Labute approximate surface area is 200 Å². The molecule has 0 unspecified atom stereocenters. The number of rotatable bonds is 6. The molecule has 1 N–H and O–H groups in total. The third kappa shape index (κ3) is 5.16. The fraction of sp³-hybridized carbons (Fsp3) is 0.250. The Hall–Kier alpha value is -3.95. The van der Waals surface area contributed by atoms with E-state index in [1.54, 1.807) is 30.4 Å². The molecule has 172 valence electrons. The molecular formula is C28H28N4O2. The normalized spacial score (nSPS) is 16.1. The van der Waals surface area contributed by atoms with Crippen molar-refractivity contribution in [2.75, 3.05) is 26.7 Å². The van der Waals surface area contributed by atoms with E-state index >= 15 is 0 Å². The summed E-state index contributed by atoms with van der Waals surface area (Å²) in [5.74, 6) is 2.35. The molecule has 6 heteroatoms. The summed E-state index contributed by atoms with van der Waals surface area (Å²) in [5.41, 5.74) is 3.34. The van der Waals surface area contributed by atoms with Crippen molar-refractivity contribution in [1.29, 1.82) is 0 Å². The molecule has 4 rings (SSSR count). The van der Waals surface area contributed by atoms with E-state index in [0.29, 0.717) is 37.2 Å². The molecule has 0 bridgehead atoms. The highest BCUT2D eigenvalue weighted by Crippen LogP contribution is 2.33. The zero-order valence-corrected chi connectivity index (χ0v) is 19.2. The molecule has 1 aromatic heterocycles. The van der Waals surface area contributed by atoms with Gasteiger partial charge in [-0.05, 0) is 17.2 Å². The average Bonchev–Trinajstić information content (AvgIpc) is 2.90. The van der Waals surface area contributed by atoms with Crippen LogP contribution < -0.4 is 5.32 Å². The summed E-state index contributed by atoms with van der Waals surface area (Å²) < 4.78 is 0. The number of hydrogen-bond acceptors (Lipinski definition) is 4. The van der Waals surface area contributed by atoms with Gasteiger partial charge in [0, 0.05) is 57.1 Å². The first-order valence-corrected chi connectivity index (χ1v) is 11.4. The third-order valence-electron chi connectivity index (χ3n) is 6.23. The Morgan fingerprint density at radius 1 is 1.06 bits per heavy atom. The van der Waals surface area contributed by atoms with E-state index in [-0.39, 0.29) is 23.9 Å². The quantitative estimate of drug-likeness (QED) is 0.584. The minimum Gasteiger partial charge on any atom is -0.359 e. The topological polar surface area (TPSA) is 65.5 Å². The predicted octanol–water partition coefficient (Wildman–Crippen LogP) is 3.12. The summed E-state index contributed by atoms with van der Waals surface area (Å²) in [5, 5.41) is 2.74. The first-order valence-electron chi connectivity index (χ1n) is 11.4. The number of carbonyl (C=O) groups excluding carboxylic acids is 2. The Morgan fingerprint density at radius 3 is 2.29 bits per heavy atom. The molecule has 1 fully saturated rings. The second-order valence-electron chi connectivity index (χ2n) is 8.35. The standard InChI is InChI=1S/C28H28N4O2/c1-3-21-16-24(19-30-18-21)28(34)31-14-15-32(25(20-31)17-26(33)29-2)27(22-10-6-4-7-11-22)23-12-8-5-9-13-23/h1,4-13,16,18-19,25,27H,14-15,17,20H2,2H3,(H,29,33)/t25-/m1/s1. The number of nitrogens with one attached hydrogen (secondary N) is 1. The predicted molar refractivity (Wildman–Crippen MR) is 132 cm³/mol. The molecular weight excluding hydrogens is 424 g/mol. The lowest BCUT2D eigenvalue weighted by atomic mass is 9.93. The number of aromatic nitrogens is 1. The number of piperazine rings is 1. The summed E-state index contributed by atoms with van der Waals surface area (Å²) in [4.78, 5) is 34.0. The highest BCUT2D eigenvalue weighted by atomic mass is 16.2. The number of benzene rings is 2. The fourth-order valence-electron chi connectivity index (χ4n) is 4.56.